The van der Waals surface area contributed by atoms with Crippen LogP contribution in [0.1, 0.15) is 30.6 Å². The van der Waals surface area contributed by atoms with E-state index < -0.39 is 11.2 Å². The minimum atomic E-state index is -0.577. The lowest BCUT2D eigenvalue weighted by Crippen LogP contribution is -2.25. The number of esters is 1. The summed E-state index contributed by atoms with van der Waals surface area (Å²) in [5.41, 5.74) is 6.52. The number of halogens is 1. The summed E-state index contributed by atoms with van der Waals surface area (Å²) in [4.78, 5) is 32.4. The molecule has 9 heteroatoms. The van der Waals surface area contributed by atoms with Gasteiger partial charge in [0.15, 0.2) is 5.16 Å². The van der Waals surface area contributed by atoms with Crippen molar-refractivity contribution in [3.63, 3.8) is 0 Å². The molecule has 0 saturated carbocycles. The smallest absolute Gasteiger partial charge is 0.343 e. The second-order valence-electron chi connectivity index (χ2n) is 5.19. The highest BCUT2D eigenvalue weighted by atomic mass is 35.5. The number of carbonyl (C=O) groups is 2. The molecule has 138 valence electrons. The Hall–Kier alpha value is -2.32. The van der Waals surface area contributed by atoms with Gasteiger partial charge in [-0.25, -0.2) is 14.8 Å². The number of hydrogen-bond donors (Lipinski definition) is 2. The van der Waals surface area contributed by atoms with E-state index in [1.807, 2.05) is 6.92 Å². The van der Waals surface area contributed by atoms with Gasteiger partial charge in [0.2, 0.25) is 5.91 Å². The molecule has 0 spiro atoms. The van der Waals surface area contributed by atoms with E-state index in [9.17, 15) is 9.59 Å². The van der Waals surface area contributed by atoms with Gasteiger partial charge in [-0.05, 0) is 31.5 Å². The third-order valence-corrected chi connectivity index (χ3v) is 4.77. The molecule has 0 radical (unpaired) electrons. The van der Waals surface area contributed by atoms with Gasteiger partial charge in [0.25, 0.3) is 0 Å². The third-order valence-electron chi connectivity index (χ3n) is 3.29. The molecular weight excluding hydrogens is 376 g/mol. The molecule has 26 heavy (non-hydrogen) atoms. The number of carbonyl (C=O) groups excluding carboxylic acids is 2. The largest absolute Gasteiger partial charge is 0.462 e. The SMILES string of the molecule is CCOC(=O)c1cnc(SC(CC)C(=O)Nc2cccc(Cl)c2)nc1N. The average molecular weight is 395 g/mol. The van der Waals surface area contributed by atoms with Crippen LogP contribution in [0.2, 0.25) is 5.02 Å². The predicted molar refractivity (Wildman–Crippen MR) is 102 cm³/mol. The first-order valence-corrected chi connectivity index (χ1v) is 9.23. The number of anilines is 2. The van der Waals surface area contributed by atoms with E-state index in [-0.39, 0.29) is 23.9 Å². The Kier molecular flexibility index (Phi) is 7.23. The minimum absolute atomic E-state index is 0.0195. The van der Waals surface area contributed by atoms with Crippen molar-refractivity contribution in [2.24, 2.45) is 0 Å². The lowest BCUT2D eigenvalue weighted by atomic mass is 10.3. The van der Waals surface area contributed by atoms with Crippen molar-refractivity contribution in [2.75, 3.05) is 17.7 Å². The molecule has 3 N–H and O–H groups in total. The van der Waals surface area contributed by atoms with Gasteiger partial charge in [0, 0.05) is 16.9 Å². The molecule has 0 aliphatic heterocycles. The Labute approximate surface area is 160 Å². The van der Waals surface area contributed by atoms with Crippen LogP contribution >= 0.6 is 23.4 Å². The maximum absolute atomic E-state index is 12.5. The number of hydrogen-bond acceptors (Lipinski definition) is 7. The first-order chi connectivity index (χ1) is 12.4. The first-order valence-electron chi connectivity index (χ1n) is 7.97. The maximum Gasteiger partial charge on any atom is 0.343 e. The Morgan fingerprint density at radius 1 is 1.38 bits per heavy atom. The number of rotatable bonds is 7. The number of thioether (sulfide) groups is 1. The standard InChI is InChI=1S/C17H19ClN4O3S/c1-3-13(15(23)21-11-7-5-6-10(18)8-11)26-17-20-9-12(14(19)22-17)16(24)25-4-2/h5-9,13H,3-4H2,1-2H3,(H,21,23)(H2,19,20,22). The van der Waals surface area contributed by atoms with Gasteiger partial charge in [-0.3, -0.25) is 4.79 Å². The molecule has 0 bridgehead atoms. The highest BCUT2D eigenvalue weighted by Gasteiger charge is 2.21. The zero-order chi connectivity index (χ0) is 19.1. The quantitative estimate of drug-likeness (QED) is 0.421. The van der Waals surface area contributed by atoms with Crippen molar-refractivity contribution in [1.82, 2.24) is 9.97 Å². The van der Waals surface area contributed by atoms with Gasteiger partial charge in [-0.1, -0.05) is 36.4 Å². The molecule has 0 aliphatic rings. The fourth-order valence-corrected chi connectivity index (χ4v) is 3.08. The second-order valence-corrected chi connectivity index (χ2v) is 6.79. The summed E-state index contributed by atoms with van der Waals surface area (Å²) in [5, 5.41) is 3.23. The molecular formula is C17H19ClN4O3S. The highest BCUT2D eigenvalue weighted by Crippen LogP contribution is 2.25. The fraction of sp³-hybridized carbons (Fsp3) is 0.294. The molecule has 0 aliphatic carbocycles. The van der Waals surface area contributed by atoms with Gasteiger partial charge in [0.05, 0.1) is 11.9 Å². The Morgan fingerprint density at radius 3 is 2.77 bits per heavy atom. The summed E-state index contributed by atoms with van der Waals surface area (Å²) in [6.07, 6.45) is 1.87. The predicted octanol–water partition coefficient (Wildman–Crippen LogP) is 3.40. The van der Waals surface area contributed by atoms with Crippen LogP contribution in [-0.4, -0.2) is 33.7 Å². The van der Waals surface area contributed by atoms with Crippen LogP contribution in [0.15, 0.2) is 35.6 Å². The lowest BCUT2D eigenvalue weighted by Gasteiger charge is -2.14. The zero-order valence-electron chi connectivity index (χ0n) is 14.4. The highest BCUT2D eigenvalue weighted by molar-refractivity contribution is 8.00. The van der Waals surface area contributed by atoms with E-state index in [0.29, 0.717) is 22.3 Å². The molecule has 1 atom stereocenters. The first kappa shape index (κ1) is 20.0. The molecule has 2 aromatic rings. The monoisotopic (exact) mass is 394 g/mol. The molecule has 0 fully saturated rings. The molecule has 7 nitrogen and oxygen atoms in total. The van der Waals surface area contributed by atoms with Gasteiger partial charge in [-0.2, -0.15) is 0 Å². The minimum Gasteiger partial charge on any atom is -0.462 e. The van der Waals surface area contributed by atoms with Gasteiger partial charge >= 0.3 is 5.97 Å². The van der Waals surface area contributed by atoms with E-state index in [1.165, 1.54) is 18.0 Å². The maximum atomic E-state index is 12.5. The van der Waals surface area contributed by atoms with Crippen molar-refractivity contribution < 1.29 is 14.3 Å². The van der Waals surface area contributed by atoms with E-state index in [1.54, 1.807) is 31.2 Å². The zero-order valence-corrected chi connectivity index (χ0v) is 15.9. The van der Waals surface area contributed by atoms with Crippen molar-refractivity contribution >= 4 is 46.7 Å². The third kappa shape index (κ3) is 5.34. The molecule has 1 aromatic carbocycles. The topological polar surface area (TPSA) is 107 Å². The van der Waals surface area contributed by atoms with Crippen LogP contribution in [0.4, 0.5) is 11.5 Å². The van der Waals surface area contributed by atoms with E-state index >= 15 is 0 Å². The Morgan fingerprint density at radius 2 is 2.15 bits per heavy atom. The number of nitrogen functional groups attached to an aromatic ring is 1. The summed E-state index contributed by atoms with van der Waals surface area (Å²) in [6.45, 7) is 3.81. The number of benzene rings is 1. The van der Waals surface area contributed by atoms with Crippen LogP contribution in [-0.2, 0) is 9.53 Å². The number of aromatic nitrogens is 2. The van der Waals surface area contributed by atoms with Crippen molar-refractivity contribution in [3.8, 4) is 0 Å². The van der Waals surface area contributed by atoms with Gasteiger partial charge in [-0.15, -0.1) is 0 Å². The van der Waals surface area contributed by atoms with Crippen LogP contribution in [0.5, 0.6) is 0 Å². The number of nitrogens with zero attached hydrogens (tertiary/aromatic N) is 2. The summed E-state index contributed by atoms with van der Waals surface area (Å²) in [6, 6.07) is 6.90. The summed E-state index contributed by atoms with van der Waals surface area (Å²) in [5.74, 6) is -0.755. The normalized spacial score (nSPS) is 11.7. The van der Waals surface area contributed by atoms with E-state index in [2.05, 4.69) is 15.3 Å². The molecule has 1 amide bonds. The lowest BCUT2D eigenvalue weighted by molar-refractivity contribution is -0.115. The molecule has 2 rings (SSSR count). The molecule has 1 heterocycles. The van der Waals surface area contributed by atoms with E-state index in [0.717, 1.165) is 0 Å². The van der Waals surface area contributed by atoms with Crippen molar-refractivity contribution in [1.29, 1.82) is 0 Å². The summed E-state index contributed by atoms with van der Waals surface area (Å²) in [7, 11) is 0. The average Bonchev–Trinajstić information content (AvgIpc) is 2.59. The Bertz CT molecular complexity index is 803. The van der Waals surface area contributed by atoms with Gasteiger partial charge in [0.1, 0.15) is 11.4 Å². The fourth-order valence-electron chi connectivity index (χ4n) is 2.04. The molecule has 1 unspecified atom stereocenters. The number of nitrogens with one attached hydrogen (secondary N) is 1. The van der Waals surface area contributed by atoms with Crippen LogP contribution in [0, 0.1) is 0 Å². The van der Waals surface area contributed by atoms with Gasteiger partial charge < -0.3 is 15.8 Å². The second kappa shape index (κ2) is 9.40. The summed E-state index contributed by atoms with van der Waals surface area (Å²) >= 11 is 7.09. The van der Waals surface area contributed by atoms with Crippen LogP contribution in [0.3, 0.4) is 0 Å². The van der Waals surface area contributed by atoms with E-state index in [4.69, 9.17) is 22.1 Å². The number of nitrogens with two attached hydrogens (primary N) is 1. The van der Waals surface area contributed by atoms with Crippen LogP contribution < -0.4 is 11.1 Å². The number of ether oxygens (including phenoxy) is 1. The van der Waals surface area contributed by atoms with Crippen molar-refractivity contribution in [3.05, 3.63) is 41.0 Å². The van der Waals surface area contributed by atoms with Crippen molar-refractivity contribution in [2.45, 2.75) is 30.7 Å². The molecule has 1 aromatic heterocycles. The molecule has 0 saturated heterocycles. The Balaban J connectivity index is 2.08. The number of amides is 1. The summed E-state index contributed by atoms with van der Waals surface area (Å²) < 4.78 is 4.88. The van der Waals surface area contributed by atoms with Crippen LogP contribution in [0.25, 0.3) is 0 Å².